The third-order valence-corrected chi connectivity index (χ3v) is 3.70. The molecule has 0 saturated carbocycles. The van der Waals surface area contributed by atoms with Crippen LogP contribution in [-0.4, -0.2) is 24.2 Å². The van der Waals surface area contributed by atoms with E-state index in [1.54, 1.807) is 0 Å². The molecule has 1 rings (SSSR count). The van der Waals surface area contributed by atoms with Crippen LogP contribution in [0.15, 0.2) is 0 Å². The van der Waals surface area contributed by atoms with Crippen LogP contribution in [0.3, 0.4) is 0 Å². The second kappa shape index (κ2) is 11.5. The summed E-state index contributed by atoms with van der Waals surface area (Å²) in [5, 5.41) is 10.9. The fraction of sp³-hybridized carbons (Fsp3) is 0.933. The minimum Gasteiger partial charge on any atom is -0.481 e. The van der Waals surface area contributed by atoms with Crippen LogP contribution >= 0.6 is 0 Å². The predicted molar refractivity (Wildman–Crippen MR) is 76.8 cm³/mol. The van der Waals surface area contributed by atoms with Gasteiger partial charge in [-0.05, 0) is 37.8 Å². The lowest BCUT2D eigenvalue weighted by molar-refractivity contribution is -0.134. The number of rotatable bonds is 6. The van der Waals surface area contributed by atoms with E-state index in [1.165, 1.54) is 58.0 Å². The number of nitrogens with one attached hydrogen (secondary N) is 1. The topological polar surface area (TPSA) is 49.3 Å². The summed E-state index contributed by atoms with van der Waals surface area (Å²) in [5.41, 5.74) is 0. The molecular weight excluding hydrogens is 226 g/mol. The standard InChI is InChI=1S/C13H27N.C2H4O2/c1-3-4-5-6-7-12(2)13-8-10-14-11-9-13;1-2(3)4/h12-14H,3-11H2,1-2H3;1H3,(H,3,4). The lowest BCUT2D eigenvalue weighted by Gasteiger charge is -2.28. The summed E-state index contributed by atoms with van der Waals surface area (Å²) >= 11 is 0. The number of hydrogen-bond donors (Lipinski definition) is 2. The van der Waals surface area contributed by atoms with Crippen LogP contribution in [0, 0.1) is 11.8 Å². The summed E-state index contributed by atoms with van der Waals surface area (Å²) in [6.45, 7) is 8.34. The van der Waals surface area contributed by atoms with Crippen molar-refractivity contribution in [3.8, 4) is 0 Å². The summed E-state index contributed by atoms with van der Waals surface area (Å²) in [4.78, 5) is 9.00. The Kier molecular flexibility index (Phi) is 11.2. The molecule has 0 aromatic carbocycles. The maximum Gasteiger partial charge on any atom is 0.300 e. The van der Waals surface area contributed by atoms with E-state index in [-0.39, 0.29) is 0 Å². The van der Waals surface area contributed by atoms with Crippen molar-refractivity contribution in [1.29, 1.82) is 0 Å². The van der Waals surface area contributed by atoms with Crippen molar-refractivity contribution in [1.82, 2.24) is 5.32 Å². The second-order valence-corrected chi connectivity index (χ2v) is 5.43. The maximum atomic E-state index is 9.00. The van der Waals surface area contributed by atoms with Gasteiger partial charge >= 0.3 is 0 Å². The van der Waals surface area contributed by atoms with Gasteiger partial charge in [0.15, 0.2) is 0 Å². The van der Waals surface area contributed by atoms with Crippen LogP contribution < -0.4 is 5.32 Å². The first-order valence-corrected chi connectivity index (χ1v) is 7.48. The van der Waals surface area contributed by atoms with Gasteiger partial charge in [0, 0.05) is 6.92 Å². The molecule has 0 spiro atoms. The van der Waals surface area contributed by atoms with Crippen LogP contribution in [0.2, 0.25) is 0 Å². The van der Waals surface area contributed by atoms with Crippen LogP contribution in [-0.2, 0) is 4.79 Å². The van der Waals surface area contributed by atoms with E-state index >= 15 is 0 Å². The van der Waals surface area contributed by atoms with E-state index in [0.717, 1.165) is 18.8 Å². The summed E-state index contributed by atoms with van der Waals surface area (Å²) in [6, 6.07) is 0. The summed E-state index contributed by atoms with van der Waals surface area (Å²) < 4.78 is 0. The molecule has 0 bridgehead atoms. The van der Waals surface area contributed by atoms with Crippen molar-refractivity contribution in [2.24, 2.45) is 11.8 Å². The highest BCUT2D eigenvalue weighted by Gasteiger charge is 2.18. The molecule has 1 aliphatic heterocycles. The van der Waals surface area contributed by atoms with Crippen LogP contribution in [0.1, 0.15) is 65.7 Å². The van der Waals surface area contributed by atoms with E-state index in [4.69, 9.17) is 9.90 Å². The van der Waals surface area contributed by atoms with Gasteiger partial charge in [-0.2, -0.15) is 0 Å². The monoisotopic (exact) mass is 257 g/mol. The Morgan fingerprint density at radius 3 is 2.33 bits per heavy atom. The number of carboxylic acid groups (broad SMARTS) is 1. The number of piperidine rings is 1. The molecule has 0 amide bonds. The first-order chi connectivity index (χ1) is 8.57. The van der Waals surface area contributed by atoms with Gasteiger partial charge in [0.25, 0.3) is 5.97 Å². The minimum atomic E-state index is -0.833. The second-order valence-electron chi connectivity index (χ2n) is 5.43. The average Bonchev–Trinajstić information content (AvgIpc) is 2.35. The van der Waals surface area contributed by atoms with Crippen molar-refractivity contribution in [3.63, 3.8) is 0 Å². The summed E-state index contributed by atoms with van der Waals surface area (Å²) in [5.74, 6) is 1.15. The molecule has 1 atom stereocenters. The van der Waals surface area contributed by atoms with Crippen molar-refractivity contribution in [3.05, 3.63) is 0 Å². The molecule has 0 aromatic rings. The van der Waals surface area contributed by atoms with Crippen molar-refractivity contribution >= 4 is 5.97 Å². The molecule has 0 radical (unpaired) electrons. The van der Waals surface area contributed by atoms with Crippen molar-refractivity contribution in [2.45, 2.75) is 65.7 Å². The van der Waals surface area contributed by atoms with Crippen LogP contribution in [0.5, 0.6) is 0 Å². The molecule has 0 aromatic heterocycles. The SMILES string of the molecule is CC(=O)O.CCCCCCC(C)C1CCNCC1. The predicted octanol–water partition coefficient (Wildman–Crippen LogP) is 3.68. The third-order valence-electron chi connectivity index (χ3n) is 3.70. The molecule has 108 valence electrons. The first kappa shape index (κ1) is 17.4. The third kappa shape index (κ3) is 10.6. The Hall–Kier alpha value is -0.570. The Morgan fingerprint density at radius 2 is 1.83 bits per heavy atom. The maximum absolute atomic E-state index is 9.00. The van der Waals surface area contributed by atoms with Gasteiger partial charge in [0.2, 0.25) is 0 Å². The first-order valence-electron chi connectivity index (χ1n) is 7.48. The number of aliphatic carboxylic acids is 1. The van der Waals surface area contributed by atoms with Gasteiger partial charge in [-0.25, -0.2) is 0 Å². The molecule has 1 heterocycles. The zero-order valence-electron chi connectivity index (χ0n) is 12.4. The molecule has 18 heavy (non-hydrogen) atoms. The molecular formula is C15H31NO2. The number of unbranched alkanes of at least 4 members (excludes halogenated alkanes) is 3. The summed E-state index contributed by atoms with van der Waals surface area (Å²) in [7, 11) is 0. The Balaban J connectivity index is 0.000000631. The fourth-order valence-electron chi connectivity index (χ4n) is 2.54. The number of carbonyl (C=O) groups is 1. The molecule has 2 N–H and O–H groups in total. The van der Waals surface area contributed by atoms with Crippen LogP contribution in [0.4, 0.5) is 0 Å². The summed E-state index contributed by atoms with van der Waals surface area (Å²) in [6.07, 6.45) is 9.99. The Bertz CT molecular complexity index is 197. The molecule has 1 saturated heterocycles. The molecule has 1 fully saturated rings. The number of hydrogen-bond acceptors (Lipinski definition) is 2. The molecule has 0 aliphatic carbocycles. The Labute approximate surface area is 112 Å². The zero-order valence-corrected chi connectivity index (χ0v) is 12.4. The van der Waals surface area contributed by atoms with E-state index < -0.39 is 5.97 Å². The van der Waals surface area contributed by atoms with E-state index in [1.807, 2.05) is 0 Å². The normalized spacial score (nSPS) is 17.7. The largest absolute Gasteiger partial charge is 0.481 e. The fourth-order valence-corrected chi connectivity index (χ4v) is 2.54. The van der Waals surface area contributed by atoms with Crippen molar-refractivity contribution < 1.29 is 9.90 Å². The lowest BCUT2D eigenvalue weighted by atomic mass is 9.83. The highest BCUT2D eigenvalue weighted by molar-refractivity contribution is 5.62. The van der Waals surface area contributed by atoms with Gasteiger partial charge in [-0.15, -0.1) is 0 Å². The number of carboxylic acids is 1. The van der Waals surface area contributed by atoms with Gasteiger partial charge in [-0.1, -0.05) is 46.0 Å². The minimum absolute atomic E-state index is 0.833. The molecule has 3 nitrogen and oxygen atoms in total. The molecule has 1 aliphatic rings. The van der Waals surface area contributed by atoms with Crippen molar-refractivity contribution in [2.75, 3.05) is 13.1 Å². The quantitative estimate of drug-likeness (QED) is 0.714. The van der Waals surface area contributed by atoms with Gasteiger partial charge in [-0.3, -0.25) is 4.79 Å². The van der Waals surface area contributed by atoms with E-state index in [2.05, 4.69) is 19.2 Å². The van der Waals surface area contributed by atoms with Gasteiger partial charge in [0.1, 0.15) is 0 Å². The zero-order chi connectivity index (χ0) is 13.8. The molecule has 1 unspecified atom stereocenters. The highest BCUT2D eigenvalue weighted by atomic mass is 16.4. The molecule has 3 heteroatoms. The van der Waals surface area contributed by atoms with E-state index in [0.29, 0.717) is 0 Å². The van der Waals surface area contributed by atoms with Gasteiger partial charge in [0.05, 0.1) is 0 Å². The lowest BCUT2D eigenvalue weighted by Crippen LogP contribution is -2.30. The smallest absolute Gasteiger partial charge is 0.300 e. The average molecular weight is 257 g/mol. The highest BCUT2D eigenvalue weighted by Crippen LogP contribution is 2.26. The van der Waals surface area contributed by atoms with Crippen LogP contribution in [0.25, 0.3) is 0 Å². The Morgan fingerprint density at radius 1 is 1.28 bits per heavy atom. The van der Waals surface area contributed by atoms with Gasteiger partial charge < -0.3 is 10.4 Å². The van der Waals surface area contributed by atoms with E-state index in [9.17, 15) is 0 Å².